The molecule has 0 radical (unpaired) electrons. The molecule has 2 bridgehead atoms. The topological polar surface area (TPSA) is 63.7 Å². The number of rotatable bonds is 4. The Hall–Kier alpha value is -0.880. The first-order valence-electron chi connectivity index (χ1n) is 7.31. The number of allylic oxidation sites excluding steroid dienone is 2. The third-order valence-electron chi connectivity index (χ3n) is 4.67. The van der Waals surface area contributed by atoms with Crippen molar-refractivity contribution in [1.82, 2.24) is 4.90 Å². The van der Waals surface area contributed by atoms with Gasteiger partial charge in [0.1, 0.15) is 6.61 Å². The van der Waals surface area contributed by atoms with Gasteiger partial charge in [0.05, 0.1) is 17.4 Å². The Kier molecular flexibility index (Phi) is 3.86. The summed E-state index contributed by atoms with van der Waals surface area (Å²) in [5.41, 5.74) is 0. The lowest BCUT2D eigenvalue weighted by atomic mass is 9.94. The molecule has 3 rings (SSSR count). The van der Waals surface area contributed by atoms with Crippen molar-refractivity contribution in [3.63, 3.8) is 0 Å². The summed E-state index contributed by atoms with van der Waals surface area (Å²) in [5.74, 6) is 1.37. The number of carbonyl (C=O) groups excluding carboxylic acids is 1. The molecule has 3 aliphatic rings. The number of esters is 1. The molecule has 3 unspecified atom stereocenters. The normalized spacial score (nSPS) is 35.3. The lowest BCUT2D eigenvalue weighted by Gasteiger charge is -2.26. The maximum Gasteiger partial charge on any atom is 0.309 e. The van der Waals surface area contributed by atoms with E-state index in [0.717, 1.165) is 12.8 Å². The molecule has 2 fully saturated rings. The van der Waals surface area contributed by atoms with Gasteiger partial charge in [0, 0.05) is 19.6 Å². The molecule has 5 nitrogen and oxygen atoms in total. The second kappa shape index (κ2) is 5.48. The summed E-state index contributed by atoms with van der Waals surface area (Å²) in [6.07, 6.45) is 6.39. The second-order valence-corrected chi connectivity index (χ2v) is 8.35. The number of hydrogen-bond acceptors (Lipinski definition) is 5. The van der Waals surface area contributed by atoms with Gasteiger partial charge >= 0.3 is 5.97 Å². The van der Waals surface area contributed by atoms with E-state index in [1.165, 1.54) is 0 Å². The zero-order valence-corrected chi connectivity index (χ0v) is 12.3. The summed E-state index contributed by atoms with van der Waals surface area (Å²) in [5, 5.41) is 0. The second-order valence-electron chi connectivity index (χ2n) is 6.05. The van der Waals surface area contributed by atoms with Crippen molar-refractivity contribution >= 4 is 15.8 Å². The number of ether oxygens (including phenoxy) is 1. The molecule has 0 aromatic heterocycles. The Morgan fingerprint density at radius 1 is 1.20 bits per heavy atom. The predicted molar refractivity (Wildman–Crippen MR) is 74.9 cm³/mol. The highest BCUT2D eigenvalue weighted by Gasteiger charge is 2.40. The fourth-order valence-corrected chi connectivity index (χ4v) is 4.68. The van der Waals surface area contributed by atoms with Gasteiger partial charge in [0.15, 0.2) is 9.84 Å². The van der Waals surface area contributed by atoms with Crippen LogP contribution in [-0.2, 0) is 19.4 Å². The summed E-state index contributed by atoms with van der Waals surface area (Å²) in [6, 6.07) is 0. The zero-order valence-electron chi connectivity index (χ0n) is 11.5. The third kappa shape index (κ3) is 3.06. The molecular weight excluding hydrogens is 278 g/mol. The van der Waals surface area contributed by atoms with Crippen LogP contribution in [0, 0.1) is 17.8 Å². The quantitative estimate of drug-likeness (QED) is 0.558. The fraction of sp³-hybridized carbons (Fsp3) is 0.786. The van der Waals surface area contributed by atoms with E-state index >= 15 is 0 Å². The van der Waals surface area contributed by atoms with Gasteiger partial charge in [-0.15, -0.1) is 0 Å². The fourth-order valence-electron chi connectivity index (χ4n) is 3.41. The number of fused-ring (bicyclic) bond motifs is 2. The zero-order chi connectivity index (χ0) is 14.2. The van der Waals surface area contributed by atoms with Crippen LogP contribution in [0.15, 0.2) is 12.2 Å². The van der Waals surface area contributed by atoms with Crippen LogP contribution in [0.25, 0.3) is 0 Å². The molecule has 1 saturated heterocycles. The van der Waals surface area contributed by atoms with Crippen LogP contribution >= 0.6 is 0 Å². The molecule has 0 aromatic rings. The molecule has 20 heavy (non-hydrogen) atoms. The highest BCUT2D eigenvalue weighted by molar-refractivity contribution is 7.91. The molecule has 2 aliphatic carbocycles. The van der Waals surface area contributed by atoms with E-state index in [2.05, 4.69) is 17.1 Å². The highest BCUT2D eigenvalue weighted by atomic mass is 32.2. The molecule has 0 amide bonds. The van der Waals surface area contributed by atoms with Crippen LogP contribution in [-0.4, -0.2) is 57.0 Å². The number of nitrogens with zero attached hydrogens (tertiary/aromatic N) is 1. The van der Waals surface area contributed by atoms with E-state index in [-0.39, 0.29) is 23.4 Å². The average Bonchev–Trinajstić information content (AvgIpc) is 3.03. The molecule has 0 N–H and O–H groups in total. The molecular formula is C14H21NO4S. The minimum absolute atomic E-state index is 0.0479. The first kappa shape index (κ1) is 14.1. The monoisotopic (exact) mass is 299 g/mol. The van der Waals surface area contributed by atoms with Crippen LogP contribution < -0.4 is 0 Å². The smallest absolute Gasteiger partial charge is 0.309 e. The van der Waals surface area contributed by atoms with Crippen LogP contribution in [0.3, 0.4) is 0 Å². The first-order chi connectivity index (χ1) is 9.53. The maximum absolute atomic E-state index is 12.0. The van der Waals surface area contributed by atoms with E-state index in [9.17, 15) is 13.2 Å². The molecule has 1 aliphatic heterocycles. The largest absolute Gasteiger partial charge is 0.464 e. The minimum atomic E-state index is -2.83. The average molecular weight is 299 g/mol. The third-order valence-corrected chi connectivity index (χ3v) is 6.28. The lowest BCUT2D eigenvalue weighted by Crippen LogP contribution is -2.42. The van der Waals surface area contributed by atoms with Gasteiger partial charge in [-0.1, -0.05) is 12.2 Å². The van der Waals surface area contributed by atoms with Gasteiger partial charge in [-0.2, -0.15) is 0 Å². The van der Waals surface area contributed by atoms with Crippen LogP contribution in [0.4, 0.5) is 0 Å². The SMILES string of the molecule is O=C(OCCN1CCS(=O)(=O)CC1)C1CC2C=CC1C2. The van der Waals surface area contributed by atoms with E-state index < -0.39 is 9.84 Å². The Balaban J connectivity index is 1.38. The standard InChI is InChI=1S/C14H21NO4S/c16-14(13-10-11-1-2-12(13)9-11)19-6-3-15-4-7-20(17,18)8-5-15/h1-2,11-13H,3-10H2. The van der Waals surface area contributed by atoms with Crippen molar-refractivity contribution in [3.8, 4) is 0 Å². The van der Waals surface area contributed by atoms with Gasteiger partial charge in [-0.05, 0) is 24.7 Å². The van der Waals surface area contributed by atoms with Crippen molar-refractivity contribution in [2.45, 2.75) is 12.8 Å². The van der Waals surface area contributed by atoms with Gasteiger partial charge in [-0.25, -0.2) is 8.42 Å². The maximum atomic E-state index is 12.0. The number of hydrogen-bond donors (Lipinski definition) is 0. The molecule has 1 heterocycles. The summed E-state index contributed by atoms with van der Waals surface area (Å²) < 4.78 is 28.0. The lowest BCUT2D eigenvalue weighted by molar-refractivity contribution is -0.149. The summed E-state index contributed by atoms with van der Waals surface area (Å²) in [6.45, 7) is 2.11. The summed E-state index contributed by atoms with van der Waals surface area (Å²) in [4.78, 5) is 14.1. The summed E-state index contributed by atoms with van der Waals surface area (Å²) >= 11 is 0. The van der Waals surface area contributed by atoms with Crippen molar-refractivity contribution in [1.29, 1.82) is 0 Å². The van der Waals surface area contributed by atoms with E-state index in [4.69, 9.17) is 4.74 Å². The predicted octanol–water partition coefficient (Wildman–Crippen LogP) is 0.472. The first-order valence-corrected chi connectivity index (χ1v) is 9.13. The van der Waals surface area contributed by atoms with Crippen molar-refractivity contribution < 1.29 is 17.9 Å². The molecule has 1 saturated carbocycles. The Labute approximate surface area is 119 Å². The Bertz CT molecular complexity index is 499. The molecule has 0 aromatic carbocycles. The van der Waals surface area contributed by atoms with Gasteiger partial charge < -0.3 is 4.74 Å². The highest BCUT2D eigenvalue weighted by Crippen LogP contribution is 2.43. The van der Waals surface area contributed by atoms with E-state index in [1.807, 2.05) is 0 Å². The number of sulfone groups is 1. The molecule has 6 heteroatoms. The van der Waals surface area contributed by atoms with Crippen LogP contribution in [0.1, 0.15) is 12.8 Å². The van der Waals surface area contributed by atoms with Gasteiger partial charge in [-0.3, -0.25) is 9.69 Å². The molecule has 112 valence electrons. The summed E-state index contributed by atoms with van der Waals surface area (Å²) in [7, 11) is -2.83. The van der Waals surface area contributed by atoms with Crippen molar-refractivity contribution in [2.75, 3.05) is 37.7 Å². The minimum Gasteiger partial charge on any atom is -0.464 e. The molecule has 3 atom stereocenters. The van der Waals surface area contributed by atoms with Crippen molar-refractivity contribution in [3.05, 3.63) is 12.2 Å². The number of carbonyl (C=O) groups is 1. The van der Waals surface area contributed by atoms with E-state index in [0.29, 0.717) is 38.1 Å². The Morgan fingerprint density at radius 2 is 1.95 bits per heavy atom. The van der Waals surface area contributed by atoms with Gasteiger partial charge in [0.2, 0.25) is 0 Å². The van der Waals surface area contributed by atoms with Gasteiger partial charge in [0.25, 0.3) is 0 Å². The van der Waals surface area contributed by atoms with Crippen LogP contribution in [0.5, 0.6) is 0 Å². The van der Waals surface area contributed by atoms with Crippen molar-refractivity contribution in [2.24, 2.45) is 17.8 Å². The van der Waals surface area contributed by atoms with E-state index in [1.54, 1.807) is 0 Å². The van der Waals surface area contributed by atoms with Crippen LogP contribution in [0.2, 0.25) is 0 Å². The molecule has 0 spiro atoms. The Morgan fingerprint density at radius 3 is 2.55 bits per heavy atom.